The van der Waals surface area contributed by atoms with Gasteiger partial charge >= 0.3 is 5.97 Å². The van der Waals surface area contributed by atoms with E-state index < -0.39 is 71.8 Å². The maximum Gasteiger partial charge on any atom is 0.326 e. The lowest BCUT2D eigenvalue weighted by molar-refractivity contribution is -0.149. The van der Waals surface area contributed by atoms with Crippen LogP contribution < -0.4 is 21.7 Å². The van der Waals surface area contributed by atoms with Crippen LogP contribution >= 0.6 is 0 Å². The van der Waals surface area contributed by atoms with Crippen molar-refractivity contribution in [3.63, 3.8) is 0 Å². The van der Waals surface area contributed by atoms with Crippen molar-refractivity contribution in [2.45, 2.75) is 101 Å². The number of carbonyl (C=O) groups excluding carboxylic acids is 5. The maximum absolute atomic E-state index is 14.3. The fourth-order valence-corrected chi connectivity index (χ4v) is 7.62. The van der Waals surface area contributed by atoms with Crippen LogP contribution in [0.5, 0.6) is 11.5 Å². The van der Waals surface area contributed by atoms with Crippen LogP contribution in [0.1, 0.15) is 62.6 Å². The Labute approximate surface area is 338 Å². The smallest absolute Gasteiger partial charge is 0.326 e. The number of carboxylic acid groups (broad SMARTS) is 1. The molecule has 5 amide bonds. The molecule has 2 aliphatic heterocycles. The summed E-state index contributed by atoms with van der Waals surface area (Å²) in [5, 5.41) is 37.8. The summed E-state index contributed by atoms with van der Waals surface area (Å²) in [6.45, 7) is 4.30. The lowest BCUT2D eigenvalue weighted by Crippen LogP contribution is -2.60. The standard InChI is InChI=1S/C43H54N6O9/c1-26(2)22-35(42(56)49-21-7-11-37(49)43(57)58)47-39(53)33(24-27-8-4-3-5-9-27)45-38(52)34(25-29-14-18-31(51)19-15-29)46-40(54)36-10-6-20-48(36)41(55)32(44)23-28-12-16-30(50)17-13-28/h3-5,8-9,12-19,26,32-37,50-51H,6-7,10-11,20-25,44H2,1-2H3,(H,45,52)(H,46,54)(H,47,53)(H,57,58)/t32-,33-,34-,35-,36-,37-/m0/s1. The van der Waals surface area contributed by atoms with Gasteiger partial charge in [0.05, 0.1) is 6.04 Å². The van der Waals surface area contributed by atoms with Crippen molar-refractivity contribution in [2.24, 2.45) is 11.7 Å². The molecule has 3 aromatic rings. The second-order valence-corrected chi connectivity index (χ2v) is 15.6. The van der Waals surface area contributed by atoms with E-state index >= 15 is 0 Å². The van der Waals surface area contributed by atoms with E-state index in [-0.39, 0.29) is 56.2 Å². The summed E-state index contributed by atoms with van der Waals surface area (Å²) in [4.78, 5) is 84.6. The second-order valence-electron chi connectivity index (χ2n) is 15.6. The normalized spacial score (nSPS) is 18.6. The van der Waals surface area contributed by atoms with E-state index in [9.17, 15) is 44.1 Å². The zero-order valence-electron chi connectivity index (χ0n) is 32.9. The van der Waals surface area contributed by atoms with E-state index in [1.165, 1.54) is 34.1 Å². The van der Waals surface area contributed by atoms with Gasteiger partial charge in [0.15, 0.2) is 0 Å². The van der Waals surface area contributed by atoms with Gasteiger partial charge in [-0.25, -0.2) is 4.79 Å². The van der Waals surface area contributed by atoms with Crippen LogP contribution in [0.3, 0.4) is 0 Å². The minimum Gasteiger partial charge on any atom is -0.508 e. The van der Waals surface area contributed by atoms with Crippen LogP contribution in [0, 0.1) is 5.92 Å². The lowest BCUT2D eigenvalue weighted by Gasteiger charge is -2.30. The predicted octanol–water partition coefficient (Wildman–Crippen LogP) is 2.02. The summed E-state index contributed by atoms with van der Waals surface area (Å²) in [5.41, 5.74) is 8.36. The monoisotopic (exact) mass is 798 g/mol. The number of aliphatic carboxylic acids is 1. The summed E-state index contributed by atoms with van der Waals surface area (Å²) >= 11 is 0. The number of benzene rings is 3. The number of aromatic hydroxyl groups is 2. The van der Waals surface area contributed by atoms with Crippen molar-refractivity contribution in [3.8, 4) is 11.5 Å². The van der Waals surface area contributed by atoms with Crippen LogP contribution in [0.4, 0.5) is 0 Å². The summed E-state index contributed by atoms with van der Waals surface area (Å²) in [6, 6.07) is 15.0. The molecule has 2 heterocycles. The van der Waals surface area contributed by atoms with Crippen molar-refractivity contribution in [2.75, 3.05) is 13.1 Å². The van der Waals surface area contributed by atoms with Crippen molar-refractivity contribution >= 4 is 35.5 Å². The highest BCUT2D eigenvalue weighted by Gasteiger charge is 2.40. The summed E-state index contributed by atoms with van der Waals surface area (Å²) in [7, 11) is 0. The van der Waals surface area contributed by atoms with Crippen molar-refractivity contribution in [1.82, 2.24) is 25.8 Å². The third kappa shape index (κ3) is 11.6. The summed E-state index contributed by atoms with van der Waals surface area (Å²) in [6.07, 6.45) is 2.11. The van der Waals surface area contributed by atoms with Gasteiger partial charge in [-0.2, -0.15) is 0 Å². The molecule has 6 atom stereocenters. The molecule has 15 heteroatoms. The number of phenols is 2. The molecular weight excluding hydrogens is 745 g/mol. The van der Waals surface area contributed by atoms with Gasteiger partial charge in [-0.3, -0.25) is 24.0 Å². The van der Waals surface area contributed by atoms with E-state index in [1.54, 1.807) is 48.5 Å². The lowest BCUT2D eigenvalue weighted by atomic mass is 9.99. The van der Waals surface area contributed by atoms with Crippen molar-refractivity contribution in [3.05, 3.63) is 95.6 Å². The Balaban J connectivity index is 1.37. The summed E-state index contributed by atoms with van der Waals surface area (Å²) < 4.78 is 0. The zero-order valence-corrected chi connectivity index (χ0v) is 32.9. The number of rotatable bonds is 17. The first-order chi connectivity index (χ1) is 27.7. The fourth-order valence-electron chi connectivity index (χ4n) is 7.62. The topological polar surface area (TPSA) is 232 Å². The van der Waals surface area contributed by atoms with Crippen molar-refractivity contribution in [1.29, 1.82) is 0 Å². The largest absolute Gasteiger partial charge is 0.508 e. The van der Waals surface area contributed by atoms with Gasteiger partial charge in [0.1, 0.15) is 41.7 Å². The molecular formula is C43H54N6O9. The molecule has 15 nitrogen and oxygen atoms in total. The number of carboxylic acids is 1. The Bertz CT molecular complexity index is 1910. The second kappa shape index (κ2) is 19.9. The molecule has 0 aliphatic carbocycles. The molecule has 2 saturated heterocycles. The van der Waals surface area contributed by atoms with E-state index in [1.807, 2.05) is 19.9 Å². The molecule has 5 rings (SSSR count). The van der Waals surface area contributed by atoms with Crippen LogP contribution in [-0.2, 0) is 48.0 Å². The first-order valence-corrected chi connectivity index (χ1v) is 19.8. The number of nitrogens with two attached hydrogens (primary N) is 1. The molecule has 0 radical (unpaired) electrons. The summed E-state index contributed by atoms with van der Waals surface area (Å²) in [5.74, 6) is -3.95. The van der Waals surface area contributed by atoms with Crippen molar-refractivity contribution < 1.29 is 44.1 Å². The Morgan fingerprint density at radius 3 is 1.64 bits per heavy atom. The highest BCUT2D eigenvalue weighted by molar-refractivity contribution is 5.97. The molecule has 2 aliphatic rings. The van der Waals surface area contributed by atoms with E-state index in [2.05, 4.69) is 16.0 Å². The number of phenolic OH excluding ortho intramolecular Hbond substituents is 2. The molecule has 0 bridgehead atoms. The highest BCUT2D eigenvalue weighted by atomic mass is 16.4. The molecule has 8 N–H and O–H groups in total. The van der Waals surface area contributed by atoms with Gasteiger partial charge in [-0.05, 0) is 85.4 Å². The number of carbonyl (C=O) groups is 6. The van der Waals surface area contributed by atoms with Gasteiger partial charge < -0.3 is 46.8 Å². The van der Waals surface area contributed by atoms with Crippen LogP contribution in [0.15, 0.2) is 78.9 Å². The Morgan fingerprint density at radius 2 is 1.10 bits per heavy atom. The molecule has 58 heavy (non-hydrogen) atoms. The Morgan fingerprint density at radius 1 is 0.638 bits per heavy atom. The van der Waals surface area contributed by atoms with Crippen LogP contribution in [0.25, 0.3) is 0 Å². The molecule has 3 aromatic carbocycles. The first kappa shape index (κ1) is 43.2. The minimum atomic E-state index is -1.24. The SMILES string of the molecule is CC(C)C[C@H](NC(=O)[C@H](Cc1ccccc1)NC(=O)[C@H](Cc1ccc(O)cc1)NC(=O)[C@@H]1CCCN1C(=O)[C@@H](N)Cc1ccc(O)cc1)C(=O)N1CCC[C@H]1C(=O)O. The van der Waals surface area contributed by atoms with Gasteiger partial charge in [-0.15, -0.1) is 0 Å². The number of hydrogen-bond acceptors (Lipinski definition) is 9. The van der Waals surface area contributed by atoms with Gasteiger partial charge in [0, 0.05) is 25.9 Å². The minimum absolute atomic E-state index is 0.00578. The molecule has 0 aromatic heterocycles. The van der Waals surface area contributed by atoms with E-state index in [4.69, 9.17) is 5.73 Å². The average molecular weight is 799 g/mol. The Hall–Kier alpha value is -5.96. The number of nitrogens with one attached hydrogen (secondary N) is 3. The number of hydrogen-bond donors (Lipinski definition) is 7. The third-order valence-corrected chi connectivity index (χ3v) is 10.6. The van der Waals surface area contributed by atoms with Crippen LogP contribution in [0.2, 0.25) is 0 Å². The molecule has 310 valence electrons. The molecule has 0 spiro atoms. The van der Waals surface area contributed by atoms with Crippen LogP contribution in [-0.4, -0.2) is 110 Å². The maximum atomic E-state index is 14.3. The van der Waals surface area contributed by atoms with E-state index in [0.717, 1.165) is 5.56 Å². The van der Waals surface area contributed by atoms with Gasteiger partial charge in [0.25, 0.3) is 0 Å². The molecule has 0 saturated carbocycles. The Kier molecular flexibility index (Phi) is 14.8. The average Bonchev–Trinajstić information content (AvgIpc) is 3.90. The predicted molar refractivity (Wildman–Crippen MR) is 214 cm³/mol. The molecule has 2 fully saturated rings. The third-order valence-electron chi connectivity index (χ3n) is 10.6. The van der Waals surface area contributed by atoms with E-state index in [0.29, 0.717) is 36.8 Å². The van der Waals surface area contributed by atoms with Gasteiger partial charge in [-0.1, -0.05) is 68.4 Å². The zero-order chi connectivity index (χ0) is 41.9. The fraction of sp³-hybridized carbons (Fsp3) is 0.442. The quantitative estimate of drug-likeness (QED) is 0.105. The van der Waals surface area contributed by atoms with Gasteiger partial charge in [0.2, 0.25) is 29.5 Å². The number of amides is 5. The number of nitrogens with zero attached hydrogens (tertiary/aromatic N) is 2. The highest BCUT2D eigenvalue weighted by Crippen LogP contribution is 2.22. The molecule has 0 unspecified atom stereocenters. The first-order valence-electron chi connectivity index (χ1n) is 19.8. The number of likely N-dealkylation sites (tertiary alicyclic amines) is 2.